The first-order valence-electron chi connectivity index (χ1n) is 10.0. The first kappa shape index (κ1) is 20.4. The molecule has 0 aromatic heterocycles. The van der Waals surface area contributed by atoms with E-state index >= 15 is 0 Å². The van der Waals surface area contributed by atoms with E-state index in [0.717, 1.165) is 39.0 Å². The van der Waals surface area contributed by atoms with E-state index in [1.54, 1.807) is 0 Å². The normalized spacial score (nSPS) is 19.3. The maximum Gasteiger partial charge on any atom is 0.213 e. The average Bonchev–Trinajstić information content (AvgIpc) is 3.24. The van der Waals surface area contributed by atoms with Gasteiger partial charge in [0.2, 0.25) is 6.23 Å². The summed E-state index contributed by atoms with van der Waals surface area (Å²) < 4.78 is 12.9. The van der Waals surface area contributed by atoms with Gasteiger partial charge in [0.15, 0.2) is 0 Å². The molecule has 0 bridgehead atoms. The van der Waals surface area contributed by atoms with Crippen LogP contribution in [0.4, 0.5) is 0 Å². The fourth-order valence-corrected chi connectivity index (χ4v) is 4.49. The van der Waals surface area contributed by atoms with Crippen molar-refractivity contribution < 1.29 is 14.6 Å². The molecular weight excluding hydrogens is 480 g/mol. The van der Waals surface area contributed by atoms with Crippen LogP contribution in [0.1, 0.15) is 35.4 Å². The van der Waals surface area contributed by atoms with Crippen molar-refractivity contribution in [2.45, 2.75) is 18.7 Å². The third kappa shape index (κ3) is 4.03. The van der Waals surface area contributed by atoms with Crippen LogP contribution in [0.25, 0.3) is 0 Å². The molecule has 5 nitrogen and oxygen atoms in total. The summed E-state index contributed by atoms with van der Waals surface area (Å²) in [7, 11) is 0. The van der Waals surface area contributed by atoms with Gasteiger partial charge in [-0.05, 0) is 60.2 Å². The lowest BCUT2D eigenvalue weighted by Crippen LogP contribution is -2.33. The summed E-state index contributed by atoms with van der Waals surface area (Å²) in [5, 5.41) is 16.7. The minimum absolute atomic E-state index is 0.0164. The van der Waals surface area contributed by atoms with Gasteiger partial charge in [0.25, 0.3) is 0 Å². The molecule has 2 atom stereocenters. The number of aliphatic hydroxyl groups excluding tert-OH is 1. The van der Waals surface area contributed by atoms with Gasteiger partial charge in [0.05, 0.1) is 18.4 Å². The van der Waals surface area contributed by atoms with Crippen LogP contribution >= 0.6 is 27.5 Å². The van der Waals surface area contributed by atoms with Gasteiger partial charge in [-0.2, -0.15) is 5.10 Å². The van der Waals surface area contributed by atoms with E-state index in [9.17, 15) is 0 Å². The van der Waals surface area contributed by atoms with Crippen LogP contribution in [-0.2, 0) is 0 Å². The lowest BCUT2D eigenvalue weighted by molar-refractivity contribution is -0.0191. The second-order valence-electron chi connectivity index (χ2n) is 7.45. The maximum absolute atomic E-state index is 8.96. The molecule has 31 heavy (non-hydrogen) atoms. The molecule has 3 aromatic rings. The highest BCUT2D eigenvalue weighted by Gasteiger charge is 2.41. The molecule has 0 amide bonds. The minimum Gasteiger partial charge on any atom is -0.491 e. The second-order valence-corrected chi connectivity index (χ2v) is 8.80. The lowest BCUT2D eigenvalue weighted by Gasteiger charge is -2.38. The van der Waals surface area contributed by atoms with Crippen LogP contribution in [0.3, 0.4) is 0 Å². The summed E-state index contributed by atoms with van der Waals surface area (Å²) in [4.78, 5) is 0. The topological polar surface area (TPSA) is 54.3 Å². The third-order valence-electron chi connectivity index (χ3n) is 5.45. The van der Waals surface area contributed by atoms with Crippen LogP contribution in [0.15, 0.2) is 76.3 Å². The van der Waals surface area contributed by atoms with E-state index in [4.69, 9.17) is 31.3 Å². The Morgan fingerprint density at radius 2 is 1.87 bits per heavy atom. The van der Waals surface area contributed by atoms with Crippen molar-refractivity contribution in [1.82, 2.24) is 5.01 Å². The molecule has 1 N–H and O–H groups in total. The van der Waals surface area contributed by atoms with Crippen LogP contribution < -0.4 is 9.47 Å². The fourth-order valence-electron chi connectivity index (χ4n) is 3.99. The number of rotatable bonds is 5. The van der Waals surface area contributed by atoms with E-state index in [1.807, 2.05) is 65.7 Å². The lowest BCUT2D eigenvalue weighted by atomic mass is 9.96. The number of fused-ring (bicyclic) bond motifs is 3. The predicted molar refractivity (Wildman–Crippen MR) is 124 cm³/mol. The van der Waals surface area contributed by atoms with Crippen molar-refractivity contribution in [3.05, 3.63) is 92.9 Å². The number of halogens is 2. The molecule has 0 unspecified atom stereocenters. The van der Waals surface area contributed by atoms with Gasteiger partial charge < -0.3 is 14.6 Å². The second kappa shape index (κ2) is 8.54. The maximum atomic E-state index is 8.96. The van der Waals surface area contributed by atoms with Crippen molar-refractivity contribution in [3.8, 4) is 11.5 Å². The van der Waals surface area contributed by atoms with E-state index in [2.05, 4.69) is 22.0 Å². The Bertz CT molecular complexity index is 1120. The van der Waals surface area contributed by atoms with Crippen molar-refractivity contribution in [1.29, 1.82) is 0 Å². The molecule has 5 rings (SSSR count). The van der Waals surface area contributed by atoms with E-state index < -0.39 is 0 Å². The zero-order valence-corrected chi connectivity index (χ0v) is 18.9. The van der Waals surface area contributed by atoms with Gasteiger partial charge >= 0.3 is 0 Å². The molecule has 158 valence electrons. The number of benzene rings is 3. The number of nitrogens with zero attached hydrogens (tertiary/aromatic N) is 2. The predicted octanol–water partition coefficient (Wildman–Crippen LogP) is 5.72. The monoisotopic (exact) mass is 498 g/mol. The largest absolute Gasteiger partial charge is 0.491 e. The Hall–Kier alpha value is -2.54. The summed E-state index contributed by atoms with van der Waals surface area (Å²) in [6.07, 6.45) is 0.429. The highest BCUT2D eigenvalue weighted by atomic mass is 79.9. The number of aliphatic hydroxyl groups is 1. The van der Waals surface area contributed by atoms with E-state index in [-0.39, 0.29) is 25.5 Å². The Kier molecular flexibility index (Phi) is 5.61. The first-order chi connectivity index (χ1) is 15.1. The molecule has 2 aliphatic heterocycles. The van der Waals surface area contributed by atoms with Gasteiger partial charge in [0, 0.05) is 27.0 Å². The third-order valence-corrected chi connectivity index (χ3v) is 6.20. The smallest absolute Gasteiger partial charge is 0.213 e. The molecule has 2 heterocycles. The fraction of sp³-hybridized carbons (Fsp3) is 0.208. The average molecular weight is 500 g/mol. The molecule has 0 fully saturated rings. The van der Waals surface area contributed by atoms with Crippen molar-refractivity contribution >= 4 is 33.2 Å². The summed E-state index contributed by atoms with van der Waals surface area (Å²) in [6, 6.07) is 21.7. The van der Waals surface area contributed by atoms with Gasteiger partial charge in [-0.3, -0.25) is 0 Å². The Balaban J connectivity index is 1.52. The van der Waals surface area contributed by atoms with Gasteiger partial charge in [-0.1, -0.05) is 39.7 Å². The summed E-state index contributed by atoms with van der Waals surface area (Å²) in [6.45, 7) is 0.252. The molecule has 2 aliphatic rings. The van der Waals surface area contributed by atoms with Crippen LogP contribution in [-0.4, -0.2) is 29.0 Å². The van der Waals surface area contributed by atoms with Crippen LogP contribution in [0, 0.1) is 0 Å². The van der Waals surface area contributed by atoms with Gasteiger partial charge in [-0.15, -0.1) is 0 Å². The molecule has 3 aromatic carbocycles. The molecule has 0 aliphatic carbocycles. The zero-order valence-electron chi connectivity index (χ0n) is 16.5. The van der Waals surface area contributed by atoms with Gasteiger partial charge in [0.1, 0.15) is 18.1 Å². The number of hydrazone groups is 1. The summed E-state index contributed by atoms with van der Waals surface area (Å²) in [5.74, 6) is 1.57. The Morgan fingerprint density at radius 1 is 1.10 bits per heavy atom. The van der Waals surface area contributed by atoms with Crippen LogP contribution in [0.2, 0.25) is 5.02 Å². The standard InChI is InChI=1S/C24H20BrClN2O3/c25-17-5-10-23-20(13-17)22-14-21(15-1-6-18(26)7-2-15)27-28(22)24(31-23)16-3-8-19(9-4-16)30-12-11-29/h1-10,13,22,24,29H,11-12,14H2/t22-,24-/m0/s1. The van der Waals surface area contributed by atoms with Crippen molar-refractivity contribution in [2.24, 2.45) is 5.10 Å². The minimum atomic E-state index is -0.352. The summed E-state index contributed by atoms with van der Waals surface area (Å²) >= 11 is 9.66. The number of hydrogen-bond acceptors (Lipinski definition) is 5. The Labute approximate surface area is 194 Å². The molecule has 0 spiro atoms. The van der Waals surface area contributed by atoms with Crippen LogP contribution in [0.5, 0.6) is 11.5 Å². The summed E-state index contributed by atoms with van der Waals surface area (Å²) in [5.41, 5.74) is 4.16. The quantitative estimate of drug-likeness (QED) is 0.488. The molecule has 0 radical (unpaired) electrons. The first-order valence-corrected chi connectivity index (χ1v) is 11.2. The highest BCUT2D eigenvalue weighted by molar-refractivity contribution is 9.10. The molecule has 7 heteroatoms. The molecule has 0 saturated carbocycles. The molecule has 0 saturated heterocycles. The number of hydrogen-bond donors (Lipinski definition) is 1. The SMILES string of the molecule is OCCOc1ccc([C@@H]2Oc3ccc(Br)cc3[C@@H]3CC(c4ccc(Cl)cc4)=NN32)cc1. The number of ether oxygens (including phenoxy) is 2. The van der Waals surface area contributed by atoms with Crippen molar-refractivity contribution in [3.63, 3.8) is 0 Å². The van der Waals surface area contributed by atoms with E-state index in [0.29, 0.717) is 10.8 Å². The Morgan fingerprint density at radius 3 is 2.61 bits per heavy atom. The molecular formula is C24H20BrClN2O3. The highest BCUT2D eigenvalue weighted by Crippen LogP contribution is 2.48. The van der Waals surface area contributed by atoms with E-state index in [1.165, 1.54) is 0 Å². The van der Waals surface area contributed by atoms with Gasteiger partial charge in [-0.25, -0.2) is 5.01 Å². The zero-order chi connectivity index (χ0) is 21.4. The van der Waals surface area contributed by atoms with Crippen molar-refractivity contribution in [2.75, 3.05) is 13.2 Å².